The molecule has 2 amide bonds. The number of fused-ring (bicyclic) bond motifs is 1. The van der Waals surface area contributed by atoms with Gasteiger partial charge >= 0.3 is 6.09 Å². The van der Waals surface area contributed by atoms with Gasteiger partial charge in [-0.1, -0.05) is 48.5 Å². The molecule has 3 aromatic rings. The SMILES string of the molecule is CCOC(=O)N[C@H](CNC(=O)c1n[nH]c2ccccc12)c1ccccc1. The van der Waals surface area contributed by atoms with Crippen LogP contribution in [0.1, 0.15) is 29.0 Å². The molecule has 1 aromatic heterocycles. The number of hydrogen-bond donors (Lipinski definition) is 3. The number of carbonyl (C=O) groups is 2. The molecule has 0 aliphatic rings. The minimum atomic E-state index is -0.527. The molecule has 134 valence electrons. The summed E-state index contributed by atoms with van der Waals surface area (Å²) >= 11 is 0. The molecule has 2 aromatic carbocycles. The van der Waals surface area contributed by atoms with Gasteiger partial charge in [0.15, 0.2) is 5.69 Å². The maximum atomic E-state index is 12.5. The van der Waals surface area contributed by atoms with Crippen molar-refractivity contribution in [1.29, 1.82) is 0 Å². The first-order chi connectivity index (χ1) is 12.7. The minimum Gasteiger partial charge on any atom is -0.450 e. The summed E-state index contributed by atoms with van der Waals surface area (Å²) in [5.74, 6) is -0.311. The van der Waals surface area contributed by atoms with Crippen LogP contribution in [-0.4, -0.2) is 35.3 Å². The van der Waals surface area contributed by atoms with E-state index in [4.69, 9.17) is 4.74 Å². The second kappa shape index (κ2) is 8.15. The standard InChI is InChI=1S/C19H20N4O3/c1-2-26-19(25)21-16(13-8-4-3-5-9-13)12-20-18(24)17-14-10-6-7-11-15(14)22-23-17/h3-11,16H,2,12H2,1H3,(H,20,24)(H,21,25)(H,22,23)/t16-/m1/s1. The molecule has 0 aliphatic carbocycles. The van der Waals surface area contributed by atoms with Crippen LogP contribution in [0.3, 0.4) is 0 Å². The van der Waals surface area contributed by atoms with E-state index in [1.165, 1.54) is 0 Å². The number of benzene rings is 2. The molecule has 3 N–H and O–H groups in total. The zero-order chi connectivity index (χ0) is 18.4. The van der Waals surface area contributed by atoms with Gasteiger partial charge in [0.1, 0.15) is 0 Å². The van der Waals surface area contributed by atoms with Crippen molar-refractivity contribution in [2.24, 2.45) is 0 Å². The van der Waals surface area contributed by atoms with Crippen LogP contribution in [0, 0.1) is 0 Å². The number of carbonyl (C=O) groups excluding carboxylic acids is 2. The van der Waals surface area contributed by atoms with E-state index < -0.39 is 12.1 Å². The third kappa shape index (κ3) is 4.00. The molecule has 0 aliphatic heterocycles. The molecule has 7 nitrogen and oxygen atoms in total. The molecule has 0 bridgehead atoms. The number of ether oxygens (including phenoxy) is 1. The number of nitrogens with one attached hydrogen (secondary N) is 3. The maximum Gasteiger partial charge on any atom is 0.407 e. The van der Waals surface area contributed by atoms with E-state index in [2.05, 4.69) is 20.8 Å². The van der Waals surface area contributed by atoms with Crippen molar-refractivity contribution >= 4 is 22.9 Å². The van der Waals surface area contributed by atoms with E-state index in [0.717, 1.165) is 16.5 Å². The highest BCUT2D eigenvalue weighted by Crippen LogP contribution is 2.16. The fraction of sp³-hybridized carbons (Fsp3) is 0.211. The van der Waals surface area contributed by atoms with Crippen molar-refractivity contribution in [3.05, 3.63) is 65.9 Å². The lowest BCUT2D eigenvalue weighted by atomic mass is 10.1. The molecule has 1 heterocycles. The third-order valence-electron chi connectivity index (χ3n) is 3.92. The largest absolute Gasteiger partial charge is 0.450 e. The summed E-state index contributed by atoms with van der Waals surface area (Å²) in [6.45, 7) is 2.23. The summed E-state index contributed by atoms with van der Waals surface area (Å²) < 4.78 is 4.95. The lowest BCUT2D eigenvalue weighted by Gasteiger charge is -2.19. The van der Waals surface area contributed by atoms with Gasteiger partial charge in [0, 0.05) is 11.9 Å². The third-order valence-corrected chi connectivity index (χ3v) is 3.92. The lowest BCUT2D eigenvalue weighted by molar-refractivity contribution is 0.0943. The van der Waals surface area contributed by atoms with Crippen molar-refractivity contribution in [3.63, 3.8) is 0 Å². The number of rotatable bonds is 6. The van der Waals surface area contributed by atoms with Gasteiger partial charge in [-0.15, -0.1) is 0 Å². The van der Waals surface area contributed by atoms with E-state index in [-0.39, 0.29) is 19.1 Å². The summed E-state index contributed by atoms with van der Waals surface area (Å²) in [5, 5.41) is 13.3. The van der Waals surface area contributed by atoms with Crippen molar-refractivity contribution in [3.8, 4) is 0 Å². The highest BCUT2D eigenvalue weighted by Gasteiger charge is 2.19. The molecule has 0 unspecified atom stereocenters. The average Bonchev–Trinajstić information content (AvgIpc) is 3.10. The van der Waals surface area contributed by atoms with Crippen LogP contribution < -0.4 is 10.6 Å². The van der Waals surface area contributed by atoms with Crippen molar-refractivity contribution in [2.75, 3.05) is 13.2 Å². The highest BCUT2D eigenvalue weighted by molar-refractivity contribution is 6.04. The molecule has 0 spiro atoms. The zero-order valence-electron chi connectivity index (χ0n) is 14.4. The summed E-state index contributed by atoms with van der Waals surface area (Å²) in [6, 6.07) is 16.4. The summed E-state index contributed by atoms with van der Waals surface area (Å²) in [5.41, 5.74) is 1.98. The van der Waals surface area contributed by atoms with Gasteiger partial charge in [0.05, 0.1) is 18.2 Å². The fourth-order valence-electron chi connectivity index (χ4n) is 2.67. The topological polar surface area (TPSA) is 96.1 Å². The second-order valence-corrected chi connectivity index (χ2v) is 5.66. The van der Waals surface area contributed by atoms with Gasteiger partial charge in [0.25, 0.3) is 5.91 Å². The van der Waals surface area contributed by atoms with E-state index in [9.17, 15) is 9.59 Å². The Balaban J connectivity index is 1.72. The predicted molar refractivity (Wildman–Crippen MR) is 97.8 cm³/mol. The van der Waals surface area contributed by atoms with E-state index in [1.807, 2.05) is 54.6 Å². The number of aromatic amines is 1. The highest BCUT2D eigenvalue weighted by atomic mass is 16.5. The van der Waals surface area contributed by atoms with Gasteiger partial charge in [0.2, 0.25) is 0 Å². The number of nitrogens with zero attached hydrogens (tertiary/aromatic N) is 1. The van der Waals surface area contributed by atoms with Gasteiger partial charge in [-0.2, -0.15) is 5.10 Å². The smallest absolute Gasteiger partial charge is 0.407 e. The van der Waals surface area contributed by atoms with Crippen molar-refractivity contribution in [2.45, 2.75) is 13.0 Å². The first-order valence-electron chi connectivity index (χ1n) is 8.38. The van der Waals surface area contributed by atoms with Crippen LogP contribution >= 0.6 is 0 Å². The molecule has 0 fully saturated rings. The Hall–Kier alpha value is -3.35. The summed E-state index contributed by atoms with van der Waals surface area (Å²) in [7, 11) is 0. The Labute approximate surface area is 150 Å². The number of H-pyrrole nitrogens is 1. The number of hydrogen-bond acceptors (Lipinski definition) is 4. The Morgan fingerprint density at radius 3 is 2.62 bits per heavy atom. The van der Waals surface area contributed by atoms with E-state index in [1.54, 1.807) is 6.92 Å². The lowest BCUT2D eigenvalue weighted by Crippen LogP contribution is -2.38. The number of aromatic nitrogens is 2. The summed E-state index contributed by atoms with van der Waals surface area (Å²) in [4.78, 5) is 24.3. The Morgan fingerprint density at radius 2 is 1.85 bits per heavy atom. The average molecular weight is 352 g/mol. The van der Waals surface area contributed by atoms with Crippen LogP contribution in [0.4, 0.5) is 4.79 Å². The van der Waals surface area contributed by atoms with Gasteiger partial charge in [-0.05, 0) is 18.6 Å². The van der Waals surface area contributed by atoms with Crippen LogP contribution in [0.2, 0.25) is 0 Å². The van der Waals surface area contributed by atoms with Gasteiger partial charge < -0.3 is 15.4 Å². The fourth-order valence-corrected chi connectivity index (χ4v) is 2.67. The Kier molecular flexibility index (Phi) is 5.48. The zero-order valence-corrected chi connectivity index (χ0v) is 14.4. The molecule has 0 radical (unpaired) electrons. The van der Waals surface area contributed by atoms with Crippen LogP contribution in [0.5, 0.6) is 0 Å². The minimum absolute atomic E-state index is 0.211. The normalized spacial score (nSPS) is 11.7. The van der Waals surface area contributed by atoms with Crippen molar-refractivity contribution < 1.29 is 14.3 Å². The second-order valence-electron chi connectivity index (χ2n) is 5.66. The molecule has 7 heteroatoms. The van der Waals surface area contributed by atoms with Crippen LogP contribution in [0.15, 0.2) is 54.6 Å². The van der Waals surface area contributed by atoms with Gasteiger partial charge in [-0.3, -0.25) is 9.89 Å². The monoisotopic (exact) mass is 352 g/mol. The molecular weight excluding hydrogens is 332 g/mol. The van der Waals surface area contributed by atoms with Crippen LogP contribution in [0.25, 0.3) is 10.9 Å². The first-order valence-corrected chi connectivity index (χ1v) is 8.38. The van der Waals surface area contributed by atoms with Crippen LogP contribution in [-0.2, 0) is 4.74 Å². The molecule has 1 atom stereocenters. The summed E-state index contributed by atoms with van der Waals surface area (Å²) in [6.07, 6.45) is -0.527. The van der Waals surface area contributed by atoms with Gasteiger partial charge in [-0.25, -0.2) is 4.79 Å². The van der Waals surface area contributed by atoms with Crippen molar-refractivity contribution in [1.82, 2.24) is 20.8 Å². The Morgan fingerprint density at radius 1 is 1.12 bits per heavy atom. The molecule has 0 saturated carbocycles. The number of alkyl carbamates (subject to hydrolysis) is 1. The number of amides is 2. The predicted octanol–water partition coefficient (Wildman–Crippen LogP) is 2.78. The number of para-hydroxylation sites is 1. The molecule has 26 heavy (non-hydrogen) atoms. The molecular formula is C19H20N4O3. The maximum absolute atomic E-state index is 12.5. The molecule has 3 rings (SSSR count). The van der Waals surface area contributed by atoms with E-state index in [0.29, 0.717) is 5.69 Å². The Bertz CT molecular complexity index is 892. The van der Waals surface area contributed by atoms with E-state index >= 15 is 0 Å². The quantitative estimate of drug-likeness (QED) is 0.635. The molecule has 0 saturated heterocycles. The first kappa shape index (κ1) is 17.5.